The van der Waals surface area contributed by atoms with Gasteiger partial charge >= 0.3 is 0 Å². The van der Waals surface area contributed by atoms with Crippen molar-refractivity contribution in [3.8, 4) is 16.9 Å². The van der Waals surface area contributed by atoms with E-state index >= 15 is 4.79 Å². The van der Waals surface area contributed by atoms with Gasteiger partial charge in [-0.15, -0.1) is 0 Å². The molecule has 9 heteroatoms. The maximum Gasteiger partial charge on any atom is 0.270 e. The van der Waals surface area contributed by atoms with Gasteiger partial charge in [0.25, 0.3) is 5.91 Å². The van der Waals surface area contributed by atoms with Crippen LogP contribution in [0.4, 0.5) is 11.4 Å². The van der Waals surface area contributed by atoms with Gasteiger partial charge in [-0.3, -0.25) is 9.69 Å². The van der Waals surface area contributed by atoms with E-state index in [1.54, 1.807) is 7.11 Å². The third-order valence-corrected chi connectivity index (χ3v) is 8.90. The van der Waals surface area contributed by atoms with Gasteiger partial charge in [0.2, 0.25) is 12.0 Å². The number of rotatable bonds is 6. The van der Waals surface area contributed by atoms with Crippen molar-refractivity contribution in [2.24, 2.45) is 11.0 Å². The van der Waals surface area contributed by atoms with E-state index in [1.807, 2.05) is 47.2 Å². The van der Waals surface area contributed by atoms with E-state index in [9.17, 15) is 0 Å². The number of aryl methyl sites for hydroxylation is 1. The van der Waals surface area contributed by atoms with Crippen LogP contribution in [0.5, 0.6) is 5.75 Å². The fourth-order valence-corrected chi connectivity index (χ4v) is 6.81. The van der Waals surface area contributed by atoms with Gasteiger partial charge in [-0.1, -0.05) is 36.4 Å². The molecule has 42 heavy (non-hydrogen) atoms. The van der Waals surface area contributed by atoms with E-state index in [2.05, 4.69) is 54.3 Å². The Morgan fingerprint density at radius 3 is 2.26 bits per heavy atom. The van der Waals surface area contributed by atoms with Gasteiger partial charge in [0.1, 0.15) is 11.5 Å². The van der Waals surface area contributed by atoms with Gasteiger partial charge < -0.3 is 23.8 Å². The zero-order valence-corrected chi connectivity index (χ0v) is 24.2. The summed E-state index contributed by atoms with van der Waals surface area (Å²) in [5, 5.41) is 7.04. The minimum Gasteiger partial charge on any atom is -0.497 e. The van der Waals surface area contributed by atoms with Crippen LogP contribution in [-0.4, -0.2) is 74.7 Å². The molecule has 0 aromatic heterocycles. The summed E-state index contributed by atoms with van der Waals surface area (Å²) < 4.78 is 23.1. The highest BCUT2D eigenvalue weighted by Gasteiger charge is 2.66. The number of nitrogens with zero attached hydrogens (tertiary/aromatic N) is 4. The van der Waals surface area contributed by atoms with E-state index < -0.39 is 12.0 Å². The summed E-state index contributed by atoms with van der Waals surface area (Å²) in [5.41, 5.74) is 4.88. The lowest BCUT2D eigenvalue weighted by Crippen LogP contribution is -2.74. The molecule has 0 spiro atoms. The normalized spacial score (nSPS) is 27.8. The summed E-state index contributed by atoms with van der Waals surface area (Å²) in [6, 6.07) is 24.4. The predicted molar refractivity (Wildman–Crippen MR) is 161 cm³/mol. The molecule has 0 N–H and O–H groups in total. The zero-order chi connectivity index (χ0) is 28.8. The minimum absolute atomic E-state index is 0.00812. The standard InChI is InChI=1S/C33H36N4O5/c1-22-6-4-5-7-28(22)24-8-10-25(11-9-24)36-17-16-29-30(31-41-23(2)42-31)34-37(26-12-14-27(39-3)15-13-26)33(29,32(36)38)35-18-20-40-21-19-35/h4-15,23,29,31H,16-21H2,1-3H3. The number of piperidine rings is 1. The van der Waals surface area contributed by atoms with Crippen molar-refractivity contribution in [3.05, 3.63) is 78.4 Å². The monoisotopic (exact) mass is 568 g/mol. The lowest BCUT2D eigenvalue weighted by Gasteiger charge is -2.53. The molecule has 4 aliphatic rings. The molecule has 7 rings (SSSR count). The fourth-order valence-electron chi connectivity index (χ4n) is 6.81. The van der Waals surface area contributed by atoms with Crippen molar-refractivity contribution in [2.45, 2.75) is 38.5 Å². The van der Waals surface area contributed by atoms with Gasteiger partial charge in [0, 0.05) is 25.3 Å². The molecule has 3 saturated heterocycles. The minimum atomic E-state index is -1.09. The SMILES string of the molecule is COc1ccc(N2N=C(C3OC(C)O3)C3CCN(c4ccc(-c5ccccc5C)cc4)C(=O)C32N2CCOCC2)cc1. The van der Waals surface area contributed by atoms with Gasteiger partial charge in [-0.2, -0.15) is 5.10 Å². The number of methoxy groups -OCH3 is 1. The summed E-state index contributed by atoms with van der Waals surface area (Å²) in [4.78, 5) is 19.3. The third-order valence-electron chi connectivity index (χ3n) is 8.90. The van der Waals surface area contributed by atoms with Gasteiger partial charge in [0.15, 0.2) is 6.29 Å². The molecule has 3 aromatic carbocycles. The van der Waals surface area contributed by atoms with E-state index in [1.165, 1.54) is 11.1 Å². The molecule has 4 aliphatic heterocycles. The number of fused-ring (bicyclic) bond motifs is 1. The second kappa shape index (κ2) is 10.8. The number of hydrazone groups is 1. The Bertz CT molecular complexity index is 1480. The van der Waals surface area contributed by atoms with Crippen LogP contribution >= 0.6 is 0 Å². The van der Waals surface area contributed by atoms with Gasteiger partial charge in [-0.05, 0) is 73.4 Å². The first kappa shape index (κ1) is 27.1. The second-order valence-corrected chi connectivity index (χ2v) is 11.2. The molecular formula is C33H36N4O5. The summed E-state index contributed by atoms with van der Waals surface area (Å²) in [6.07, 6.45) is -0.152. The number of carbonyl (C=O) groups excluding carboxylic acids is 1. The summed E-state index contributed by atoms with van der Waals surface area (Å²) in [7, 11) is 1.64. The Balaban J connectivity index is 1.31. The van der Waals surface area contributed by atoms with Crippen LogP contribution in [0.2, 0.25) is 0 Å². The average Bonchev–Trinajstić information content (AvgIpc) is 3.37. The summed E-state index contributed by atoms with van der Waals surface area (Å²) in [6.45, 7) is 6.87. The van der Waals surface area contributed by atoms with Crippen molar-refractivity contribution in [3.63, 3.8) is 0 Å². The lowest BCUT2D eigenvalue weighted by molar-refractivity contribution is -0.346. The summed E-state index contributed by atoms with van der Waals surface area (Å²) >= 11 is 0. The first-order valence-electron chi connectivity index (χ1n) is 14.6. The molecule has 4 heterocycles. The molecule has 3 fully saturated rings. The molecule has 2 atom stereocenters. The van der Waals surface area contributed by atoms with Gasteiger partial charge in [-0.25, -0.2) is 5.01 Å². The third kappa shape index (κ3) is 4.31. The number of anilines is 2. The quantitative estimate of drug-likeness (QED) is 0.429. The van der Waals surface area contributed by atoms with Crippen LogP contribution in [0.1, 0.15) is 18.9 Å². The molecule has 0 aliphatic carbocycles. The molecule has 0 saturated carbocycles. The van der Waals surface area contributed by atoms with Crippen LogP contribution in [0.15, 0.2) is 77.9 Å². The molecule has 0 bridgehead atoms. The lowest BCUT2D eigenvalue weighted by atomic mass is 9.79. The largest absolute Gasteiger partial charge is 0.497 e. The van der Waals surface area contributed by atoms with Crippen molar-refractivity contribution < 1.29 is 23.7 Å². The highest BCUT2D eigenvalue weighted by molar-refractivity contribution is 6.11. The number of amides is 1. The van der Waals surface area contributed by atoms with Crippen molar-refractivity contribution in [2.75, 3.05) is 49.9 Å². The molecule has 3 aromatic rings. The average molecular weight is 569 g/mol. The van der Waals surface area contributed by atoms with E-state index in [0.29, 0.717) is 39.3 Å². The van der Waals surface area contributed by atoms with Crippen molar-refractivity contribution in [1.29, 1.82) is 0 Å². The van der Waals surface area contributed by atoms with Crippen LogP contribution in [-0.2, 0) is 19.0 Å². The van der Waals surface area contributed by atoms with Crippen LogP contribution in [0, 0.1) is 12.8 Å². The van der Waals surface area contributed by atoms with E-state index in [-0.39, 0.29) is 18.1 Å². The molecule has 0 radical (unpaired) electrons. The topological polar surface area (TPSA) is 76.1 Å². The Morgan fingerprint density at radius 1 is 0.905 bits per heavy atom. The first-order valence-corrected chi connectivity index (χ1v) is 14.6. The van der Waals surface area contributed by atoms with Crippen molar-refractivity contribution >= 4 is 23.0 Å². The van der Waals surface area contributed by atoms with Crippen LogP contribution in [0.3, 0.4) is 0 Å². The predicted octanol–water partition coefficient (Wildman–Crippen LogP) is 4.65. The van der Waals surface area contributed by atoms with E-state index in [0.717, 1.165) is 28.4 Å². The Kier molecular flexibility index (Phi) is 6.98. The number of hydrogen-bond acceptors (Lipinski definition) is 8. The second-order valence-electron chi connectivity index (χ2n) is 11.2. The molecule has 9 nitrogen and oxygen atoms in total. The van der Waals surface area contributed by atoms with Gasteiger partial charge in [0.05, 0.1) is 31.9 Å². The molecule has 2 unspecified atom stereocenters. The van der Waals surface area contributed by atoms with Crippen molar-refractivity contribution in [1.82, 2.24) is 4.90 Å². The number of carbonyl (C=O) groups is 1. The zero-order valence-electron chi connectivity index (χ0n) is 24.2. The Labute approximate surface area is 246 Å². The highest BCUT2D eigenvalue weighted by atomic mass is 16.9. The fraction of sp³-hybridized carbons (Fsp3) is 0.394. The number of ether oxygens (including phenoxy) is 4. The highest BCUT2D eigenvalue weighted by Crippen LogP contribution is 2.48. The number of benzene rings is 3. The first-order chi connectivity index (χ1) is 20.5. The smallest absolute Gasteiger partial charge is 0.270 e. The Hall–Kier alpha value is -3.76. The number of morpholine rings is 1. The molecule has 218 valence electrons. The maximum atomic E-state index is 15.1. The number of hydrogen-bond donors (Lipinski definition) is 0. The molecule has 1 amide bonds. The van der Waals surface area contributed by atoms with Crippen LogP contribution < -0.4 is 14.6 Å². The summed E-state index contributed by atoms with van der Waals surface area (Å²) in [5.74, 6) is 0.514. The maximum absolute atomic E-state index is 15.1. The van der Waals surface area contributed by atoms with Crippen LogP contribution in [0.25, 0.3) is 11.1 Å². The van der Waals surface area contributed by atoms with E-state index in [4.69, 9.17) is 24.0 Å². The molecular weight excluding hydrogens is 532 g/mol. The Morgan fingerprint density at radius 2 is 1.60 bits per heavy atom.